The normalized spacial score (nSPS) is 11.3. The van der Waals surface area contributed by atoms with Crippen molar-refractivity contribution in [2.24, 2.45) is 5.92 Å². The van der Waals surface area contributed by atoms with Crippen molar-refractivity contribution in [3.05, 3.63) is 30.1 Å². The van der Waals surface area contributed by atoms with E-state index in [1.807, 2.05) is 0 Å². The van der Waals surface area contributed by atoms with Crippen LogP contribution >= 0.6 is 12.2 Å². The van der Waals surface area contributed by atoms with Crippen molar-refractivity contribution in [2.45, 2.75) is 6.92 Å². The predicted molar refractivity (Wildman–Crippen MR) is 62.4 cm³/mol. The van der Waals surface area contributed by atoms with Gasteiger partial charge in [0.15, 0.2) is 11.7 Å². The maximum Gasteiger partial charge on any atom is 0.155 e. The Labute approximate surface area is 97.9 Å². The Morgan fingerprint density at radius 3 is 2.69 bits per heavy atom. The number of hydrogen-bond acceptors (Lipinski definition) is 3. The van der Waals surface area contributed by atoms with Crippen LogP contribution in [0.5, 0.6) is 0 Å². The SMILES string of the molecule is CC(=O)C(C#N)C(=S)Nc1ccccc1F. The van der Waals surface area contributed by atoms with Crippen LogP contribution in [0.4, 0.5) is 10.1 Å². The van der Waals surface area contributed by atoms with Crippen LogP contribution in [0.3, 0.4) is 0 Å². The van der Waals surface area contributed by atoms with E-state index in [-0.39, 0.29) is 16.5 Å². The van der Waals surface area contributed by atoms with Crippen LogP contribution in [0.25, 0.3) is 0 Å². The lowest BCUT2D eigenvalue weighted by Crippen LogP contribution is -2.25. The lowest BCUT2D eigenvalue weighted by molar-refractivity contribution is -0.117. The molecule has 82 valence electrons. The van der Waals surface area contributed by atoms with Gasteiger partial charge in [0.1, 0.15) is 10.8 Å². The highest BCUT2D eigenvalue weighted by molar-refractivity contribution is 7.80. The van der Waals surface area contributed by atoms with Gasteiger partial charge < -0.3 is 5.32 Å². The van der Waals surface area contributed by atoms with Gasteiger partial charge in [-0.25, -0.2) is 4.39 Å². The van der Waals surface area contributed by atoms with Crippen LogP contribution in [0.15, 0.2) is 24.3 Å². The largest absolute Gasteiger partial charge is 0.346 e. The van der Waals surface area contributed by atoms with Gasteiger partial charge in [0, 0.05) is 0 Å². The van der Waals surface area contributed by atoms with Crippen molar-refractivity contribution in [3.63, 3.8) is 0 Å². The van der Waals surface area contributed by atoms with Gasteiger partial charge >= 0.3 is 0 Å². The van der Waals surface area contributed by atoms with Crippen molar-refractivity contribution in [1.29, 1.82) is 5.26 Å². The second kappa shape index (κ2) is 5.33. The third-order valence-corrected chi connectivity index (χ3v) is 2.27. The van der Waals surface area contributed by atoms with Crippen LogP contribution in [-0.2, 0) is 4.79 Å². The summed E-state index contributed by atoms with van der Waals surface area (Å²) < 4.78 is 13.2. The fourth-order valence-electron chi connectivity index (χ4n) is 1.10. The van der Waals surface area contributed by atoms with Gasteiger partial charge in [-0.05, 0) is 19.1 Å². The van der Waals surface area contributed by atoms with Crippen molar-refractivity contribution in [3.8, 4) is 6.07 Å². The summed E-state index contributed by atoms with van der Waals surface area (Å²) in [5.74, 6) is -1.88. The summed E-state index contributed by atoms with van der Waals surface area (Å²) in [6.45, 7) is 1.27. The second-order valence-electron chi connectivity index (χ2n) is 3.14. The minimum Gasteiger partial charge on any atom is -0.346 e. The molecule has 0 aliphatic heterocycles. The first kappa shape index (κ1) is 12.3. The van der Waals surface area contributed by atoms with Crippen molar-refractivity contribution >= 4 is 28.7 Å². The lowest BCUT2D eigenvalue weighted by atomic mass is 10.1. The number of halogens is 1. The van der Waals surface area contributed by atoms with Gasteiger partial charge in [-0.15, -0.1) is 0 Å². The Bertz CT molecular complexity index is 467. The van der Waals surface area contributed by atoms with Crippen LogP contribution in [0, 0.1) is 23.1 Å². The van der Waals surface area contributed by atoms with Crippen LogP contribution in [0.2, 0.25) is 0 Å². The van der Waals surface area contributed by atoms with E-state index in [0.717, 1.165) is 0 Å². The minimum absolute atomic E-state index is 0.0140. The molecule has 1 N–H and O–H groups in total. The summed E-state index contributed by atoms with van der Waals surface area (Å²) >= 11 is 4.87. The molecule has 16 heavy (non-hydrogen) atoms. The number of para-hydroxylation sites is 1. The molecule has 0 spiro atoms. The van der Waals surface area contributed by atoms with Gasteiger partial charge in [-0.2, -0.15) is 5.26 Å². The molecule has 1 aromatic carbocycles. The Morgan fingerprint density at radius 2 is 2.19 bits per heavy atom. The van der Waals surface area contributed by atoms with E-state index in [4.69, 9.17) is 17.5 Å². The maximum atomic E-state index is 13.2. The zero-order valence-corrected chi connectivity index (χ0v) is 9.34. The van der Waals surface area contributed by atoms with Gasteiger partial charge in [0.2, 0.25) is 0 Å². The molecule has 0 fully saturated rings. The Morgan fingerprint density at radius 1 is 1.56 bits per heavy atom. The van der Waals surface area contributed by atoms with E-state index in [1.165, 1.54) is 25.1 Å². The molecule has 0 radical (unpaired) electrons. The smallest absolute Gasteiger partial charge is 0.155 e. The highest BCUT2D eigenvalue weighted by atomic mass is 32.1. The van der Waals surface area contributed by atoms with Crippen LogP contribution in [-0.4, -0.2) is 10.8 Å². The first-order chi connectivity index (χ1) is 7.56. The topological polar surface area (TPSA) is 52.9 Å². The number of carbonyl (C=O) groups is 1. The van der Waals surface area contributed by atoms with E-state index in [1.54, 1.807) is 12.1 Å². The quantitative estimate of drug-likeness (QED) is 0.818. The van der Waals surface area contributed by atoms with Crippen LogP contribution < -0.4 is 5.32 Å². The third kappa shape index (κ3) is 2.84. The number of ketones is 1. The second-order valence-corrected chi connectivity index (χ2v) is 3.58. The average molecular weight is 236 g/mol. The first-order valence-electron chi connectivity index (χ1n) is 4.51. The maximum absolute atomic E-state index is 13.2. The van der Waals surface area contributed by atoms with E-state index >= 15 is 0 Å². The Balaban J connectivity index is 2.84. The van der Waals surface area contributed by atoms with E-state index in [0.29, 0.717) is 0 Å². The van der Waals surface area contributed by atoms with Crippen molar-refractivity contribution in [2.75, 3.05) is 5.32 Å². The molecule has 0 saturated carbocycles. The van der Waals surface area contributed by atoms with Crippen molar-refractivity contribution < 1.29 is 9.18 Å². The highest BCUT2D eigenvalue weighted by Gasteiger charge is 2.19. The molecule has 0 saturated heterocycles. The number of rotatable bonds is 3. The first-order valence-corrected chi connectivity index (χ1v) is 4.92. The Kier molecular flexibility index (Phi) is 4.09. The average Bonchev–Trinajstić information content (AvgIpc) is 2.22. The number of nitrogens with zero attached hydrogens (tertiary/aromatic N) is 1. The molecule has 0 aliphatic carbocycles. The zero-order valence-electron chi connectivity index (χ0n) is 8.53. The van der Waals surface area contributed by atoms with E-state index in [2.05, 4.69) is 5.32 Å². The molecule has 5 heteroatoms. The van der Waals surface area contributed by atoms with Gasteiger partial charge in [-0.3, -0.25) is 4.79 Å². The number of anilines is 1. The summed E-state index contributed by atoms with van der Waals surface area (Å²) in [6.07, 6.45) is 0. The molecule has 0 aromatic heterocycles. The Hall–Kier alpha value is -1.80. The molecule has 0 heterocycles. The third-order valence-electron chi connectivity index (χ3n) is 1.93. The van der Waals surface area contributed by atoms with Gasteiger partial charge in [0.05, 0.1) is 11.8 Å². The van der Waals surface area contributed by atoms with Crippen molar-refractivity contribution in [1.82, 2.24) is 0 Å². The number of Topliss-reactive ketones (excluding diaryl/α,β-unsaturated/α-hetero) is 1. The van der Waals surface area contributed by atoms with E-state index in [9.17, 15) is 9.18 Å². The molecule has 1 aromatic rings. The molecule has 1 atom stereocenters. The summed E-state index contributed by atoms with van der Waals surface area (Å²) in [5, 5.41) is 11.3. The standard InChI is InChI=1S/C11H9FN2OS/c1-7(15)8(6-13)11(16)14-10-5-3-2-4-9(10)12/h2-5,8H,1H3,(H,14,16). The number of benzene rings is 1. The zero-order chi connectivity index (χ0) is 12.1. The number of hydrogen-bond donors (Lipinski definition) is 1. The molecule has 0 bridgehead atoms. The number of thiocarbonyl (C=S) groups is 1. The molecule has 1 rings (SSSR count). The monoisotopic (exact) mass is 236 g/mol. The van der Waals surface area contributed by atoms with Gasteiger partial charge in [-0.1, -0.05) is 24.4 Å². The highest BCUT2D eigenvalue weighted by Crippen LogP contribution is 2.14. The lowest BCUT2D eigenvalue weighted by Gasteiger charge is -2.10. The fourth-order valence-corrected chi connectivity index (χ4v) is 1.43. The molecular formula is C11H9FN2OS. The number of nitrogens with one attached hydrogen (secondary N) is 1. The van der Waals surface area contributed by atoms with Crippen LogP contribution in [0.1, 0.15) is 6.92 Å². The molecule has 1 unspecified atom stereocenters. The predicted octanol–water partition coefficient (Wildman–Crippen LogP) is 2.29. The number of nitriles is 1. The summed E-state index contributed by atoms with van der Waals surface area (Å²) in [4.78, 5) is 11.1. The minimum atomic E-state index is -1.03. The summed E-state index contributed by atoms with van der Waals surface area (Å²) in [5.41, 5.74) is 0.161. The molecule has 0 aliphatic rings. The van der Waals surface area contributed by atoms with E-state index < -0.39 is 11.7 Å². The molecule has 3 nitrogen and oxygen atoms in total. The fraction of sp³-hybridized carbons (Fsp3) is 0.182. The number of carbonyl (C=O) groups excluding carboxylic acids is 1. The summed E-state index contributed by atoms with van der Waals surface area (Å²) in [6, 6.07) is 7.68. The molecule has 0 amide bonds. The summed E-state index contributed by atoms with van der Waals surface area (Å²) in [7, 11) is 0. The molecular weight excluding hydrogens is 227 g/mol. The van der Waals surface area contributed by atoms with Gasteiger partial charge in [0.25, 0.3) is 0 Å².